The Balaban J connectivity index is 2.13. The average Bonchev–Trinajstić information content (AvgIpc) is 2.33. The van der Waals surface area contributed by atoms with Gasteiger partial charge in [0.25, 0.3) is 0 Å². The van der Waals surface area contributed by atoms with Gasteiger partial charge in [0, 0.05) is 0 Å². The largest absolute Gasteiger partial charge is 0.508 e. The van der Waals surface area contributed by atoms with Crippen LogP contribution in [0.15, 0.2) is 43.2 Å². The second kappa shape index (κ2) is 7.34. The first kappa shape index (κ1) is 12.1. The van der Waals surface area contributed by atoms with Gasteiger partial charge in [0.1, 0.15) is 19.8 Å². The topological polar surface area (TPSA) is 44.8 Å². The van der Waals surface area contributed by atoms with Crippen molar-refractivity contribution in [1.29, 1.82) is 0 Å². The predicted molar refractivity (Wildman–Crippen MR) is 58.7 cm³/mol. The van der Waals surface area contributed by atoms with E-state index >= 15 is 0 Å². The number of ether oxygens (including phenoxy) is 3. The van der Waals surface area contributed by atoms with Gasteiger partial charge < -0.3 is 14.2 Å². The van der Waals surface area contributed by atoms with Gasteiger partial charge in [-0.3, -0.25) is 0 Å². The molecule has 0 spiro atoms. The number of carbonyl (C=O) groups excluding carboxylic acids is 1. The van der Waals surface area contributed by atoms with Gasteiger partial charge in [-0.1, -0.05) is 36.9 Å². The lowest BCUT2D eigenvalue weighted by molar-refractivity contribution is 0.0369. The summed E-state index contributed by atoms with van der Waals surface area (Å²) in [6, 6.07) is 9.39. The van der Waals surface area contributed by atoms with Crippen molar-refractivity contribution in [2.45, 2.75) is 6.61 Å². The molecule has 0 saturated carbocycles. The van der Waals surface area contributed by atoms with Crippen molar-refractivity contribution in [2.24, 2.45) is 0 Å². The predicted octanol–water partition coefficient (Wildman–Crippen LogP) is 2.50. The summed E-state index contributed by atoms with van der Waals surface area (Å²) in [6.45, 7) is 4.00. The molecule has 0 fully saturated rings. The lowest BCUT2D eigenvalue weighted by Gasteiger charge is -2.05. The molecule has 86 valence electrons. The molecule has 0 aliphatic rings. The van der Waals surface area contributed by atoms with Crippen molar-refractivity contribution >= 4 is 6.16 Å². The van der Waals surface area contributed by atoms with E-state index < -0.39 is 6.16 Å². The fourth-order valence-electron chi connectivity index (χ4n) is 1.01. The molecule has 1 rings (SSSR count). The van der Waals surface area contributed by atoms with Gasteiger partial charge in [-0.15, -0.1) is 0 Å². The molecule has 0 bridgehead atoms. The van der Waals surface area contributed by atoms with Crippen molar-refractivity contribution in [3.8, 4) is 0 Å². The maximum absolute atomic E-state index is 11.1. The molecular weight excluding hydrogens is 208 g/mol. The van der Waals surface area contributed by atoms with E-state index in [-0.39, 0.29) is 19.8 Å². The van der Waals surface area contributed by atoms with Crippen molar-refractivity contribution < 1.29 is 19.0 Å². The molecule has 4 nitrogen and oxygen atoms in total. The molecule has 0 atom stereocenters. The number of benzene rings is 1. The zero-order chi connectivity index (χ0) is 11.6. The summed E-state index contributed by atoms with van der Waals surface area (Å²) in [6.07, 6.45) is 0.593. The monoisotopic (exact) mass is 222 g/mol. The Morgan fingerprint density at radius 2 is 1.94 bits per heavy atom. The highest BCUT2D eigenvalue weighted by Gasteiger charge is 2.03. The number of rotatable bonds is 6. The molecule has 0 aliphatic carbocycles. The van der Waals surface area contributed by atoms with Gasteiger partial charge in [-0.25, -0.2) is 4.79 Å². The van der Waals surface area contributed by atoms with Gasteiger partial charge in [0.05, 0.1) is 6.26 Å². The Kier molecular flexibility index (Phi) is 5.55. The second-order valence-corrected chi connectivity index (χ2v) is 2.91. The van der Waals surface area contributed by atoms with Gasteiger partial charge in [0.2, 0.25) is 0 Å². The van der Waals surface area contributed by atoms with E-state index in [1.807, 2.05) is 30.3 Å². The number of hydrogen-bond donors (Lipinski definition) is 0. The highest BCUT2D eigenvalue weighted by molar-refractivity contribution is 5.59. The van der Waals surface area contributed by atoms with Crippen molar-refractivity contribution in [1.82, 2.24) is 0 Å². The third kappa shape index (κ3) is 5.05. The third-order valence-corrected chi connectivity index (χ3v) is 1.74. The first-order chi connectivity index (χ1) is 7.83. The number of carbonyl (C=O) groups is 1. The van der Waals surface area contributed by atoms with Crippen LogP contribution >= 0.6 is 0 Å². The standard InChI is InChI=1S/C12H14O4/c1-2-14-8-9-15-12(13)16-10-11-6-4-3-5-7-11/h2-7H,1,8-10H2. The minimum absolute atomic E-state index is 0.152. The summed E-state index contributed by atoms with van der Waals surface area (Å²) in [4.78, 5) is 11.1. The normalized spacial score (nSPS) is 9.25. The Hall–Kier alpha value is -1.97. The first-order valence-corrected chi connectivity index (χ1v) is 4.89. The molecule has 4 heteroatoms. The molecule has 0 radical (unpaired) electrons. The van der Waals surface area contributed by atoms with Crippen LogP contribution in [0.3, 0.4) is 0 Å². The molecule has 0 amide bonds. The van der Waals surface area contributed by atoms with Gasteiger partial charge in [-0.05, 0) is 5.56 Å². The highest BCUT2D eigenvalue weighted by Crippen LogP contribution is 2.01. The Morgan fingerprint density at radius 1 is 1.19 bits per heavy atom. The lowest BCUT2D eigenvalue weighted by Crippen LogP contribution is -2.11. The highest BCUT2D eigenvalue weighted by atomic mass is 16.7. The second-order valence-electron chi connectivity index (χ2n) is 2.91. The van der Waals surface area contributed by atoms with Crippen LogP contribution < -0.4 is 0 Å². The van der Waals surface area contributed by atoms with E-state index in [0.717, 1.165) is 5.56 Å². The van der Waals surface area contributed by atoms with E-state index in [0.29, 0.717) is 0 Å². The molecule has 0 N–H and O–H groups in total. The maximum atomic E-state index is 11.1. The van der Waals surface area contributed by atoms with Gasteiger partial charge in [0.15, 0.2) is 0 Å². The summed E-state index contributed by atoms with van der Waals surface area (Å²) in [5.41, 5.74) is 0.918. The van der Waals surface area contributed by atoms with Crippen LogP contribution in [0.4, 0.5) is 4.79 Å². The molecule has 0 unspecified atom stereocenters. The minimum Gasteiger partial charge on any atom is -0.498 e. The fourth-order valence-corrected chi connectivity index (χ4v) is 1.01. The Bertz CT molecular complexity index is 321. The zero-order valence-corrected chi connectivity index (χ0v) is 8.93. The average molecular weight is 222 g/mol. The summed E-state index contributed by atoms with van der Waals surface area (Å²) in [5, 5.41) is 0. The van der Waals surface area contributed by atoms with Crippen LogP contribution in [0.25, 0.3) is 0 Å². The molecule has 1 aromatic rings. The number of hydrogen-bond acceptors (Lipinski definition) is 4. The summed E-state index contributed by atoms with van der Waals surface area (Å²) in [7, 11) is 0. The summed E-state index contributed by atoms with van der Waals surface area (Å²) >= 11 is 0. The zero-order valence-electron chi connectivity index (χ0n) is 8.93. The van der Waals surface area contributed by atoms with Crippen LogP contribution in [-0.4, -0.2) is 19.4 Å². The van der Waals surface area contributed by atoms with E-state index in [1.165, 1.54) is 6.26 Å². The van der Waals surface area contributed by atoms with E-state index in [2.05, 4.69) is 6.58 Å². The third-order valence-electron chi connectivity index (χ3n) is 1.74. The Morgan fingerprint density at radius 3 is 2.62 bits per heavy atom. The fraction of sp³-hybridized carbons (Fsp3) is 0.250. The van der Waals surface area contributed by atoms with Gasteiger partial charge >= 0.3 is 6.16 Å². The molecule has 0 aromatic heterocycles. The van der Waals surface area contributed by atoms with Crippen LogP contribution in [0, 0.1) is 0 Å². The quantitative estimate of drug-likeness (QED) is 0.421. The summed E-state index contributed by atoms with van der Waals surface area (Å²) in [5.74, 6) is 0. The molecule has 0 aliphatic heterocycles. The molecule has 16 heavy (non-hydrogen) atoms. The molecular formula is C12H14O4. The van der Waals surface area contributed by atoms with Crippen molar-refractivity contribution in [3.05, 3.63) is 48.7 Å². The van der Waals surface area contributed by atoms with E-state index in [9.17, 15) is 4.79 Å². The molecule has 0 saturated heterocycles. The van der Waals surface area contributed by atoms with Crippen LogP contribution in [0.2, 0.25) is 0 Å². The minimum atomic E-state index is -0.698. The summed E-state index contributed by atoms with van der Waals surface area (Å²) < 4.78 is 14.4. The lowest BCUT2D eigenvalue weighted by atomic mass is 10.2. The molecule has 0 heterocycles. The Labute approximate surface area is 94.4 Å². The van der Waals surface area contributed by atoms with E-state index in [4.69, 9.17) is 14.2 Å². The maximum Gasteiger partial charge on any atom is 0.508 e. The van der Waals surface area contributed by atoms with Crippen molar-refractivity contribution in [3.63, 3.8) is 0 Å². The van der Waals surface area contributed by atoms with Gasteiger partial charge in [-0.2, -0.15) is 0 Å². The smallest absolute Gasteiger partial charge is 0.498 e. The van der Waals surface area contributed by atoms with Crippen molar-refractivity contribution in [2.75, 3.05) is 13.2 Å². The SMILES string of the molecule is C=COCCOC(=O)OCc1ccccc1. The molecule has 1 aromatic carbocycles. The van der Waals surface area contributed by atoms with E-state index in [1.54, 1.807) is 0 Å². The van der Waals surface area contributed by atoms with Crippen LogP contribution in [0.1, 0.15) is 5.56 Å². The van der Waals surface area contributed by atoms with Crippen LogP contribution in [-0.2, 0) is 20.8 Å². The first-order valence-electron chi connectivity index (χ1n) is 4.89. The van der Waals surface area contributed by atoms with Crippen LogP contribution in [0.5, 0.6) is 0 Å².